The van der Waals surface area contributed by atoms with Crippen LogP contribution in [0.4, 0.5) is 4.79 Å². The second kappa shape index (κ2) is 5.13. The molecule has 118 valence electrons. The van der Waals surface area contributed by atoms with Crippen molar-refractivity contribution in [3.8, 4) is 0 Å². The Morgan fingerprint density at radius 3 is 2.71 bits per heavy atom. The zero-order chi connectivity index (χ0) is 14.4. The minimum atomic E-state index is -0.0117. The molecule has 2 saturated carbocycles. The highest BCUT2D eigenvalue weighted by atomic mass is 16.5. The monoisotopic (exact) mass is 294 g/mol. The van der Waals surface area contributed by atoms with Gasteiger partial charge in [-0.1, -0.05) is 6.42 Å². The van der Waals surface area contributed by atoms with Gasteiger partial charge in [-0.05, 0) is 45.4 Å². The Bertz CT molecular complexity index is 424. The molecule has 2 saturated heterocycles. The van der Waals surface area contributed by atoms with Crippen LogP contribution in [-0.2, 0) is 9.47 Å². The van der Waals surface area contributed by atoms with E-state index in [0.717, 1.165) is 32.3 Å². The summed E-state index contributed by atoms with van der Waals surface area (Å²) in [6.45, 7) is 2.82. The maximum atomic E-state index is 12.3. The molecule has 2 amide bonds. The van der Waals surface area contributed by atoms with Crippen LogP contribution in [0, 0.1) is 5.41 Å². The highest BCUT2D eigenvalue weighted by Gasteiger charge is 2.59. The third-order valence-electron chi connectivity index (χ3n) is 6.17. The molecule has 0 aromatic heterocycles. The van der Waals surface area contributed by atoms with E-state index < -0.39 is 0 Å². The number of ether oxygens (including phenoxy) is 2. The molecule has 4 rings (SSSR count). The number of amides is 2. The molecular formula is C16H26N2O3. The summed E-state index contributed by atoms with van der Waals surface area (Å²) < 4.78 is 11.6. The van der Waals surface area contributed by atoms with E-state index in [0.29, 0.717) is 18.2 Å². The number of rotatable bonds is 4. The summed E-state index contributed by atoms with van der Waals surface area (Å²) in [5.74, 6) is 0. The standard InChI is InChI=1S/C16H26N2O3/c1-2-20-14-9-13(16(14)6-3-7-16)18-15(19)17-11-8-10-4-5-12(11)21-10/h10-14H,2-9H2,1H3,(H2,17,18,19)/t10-,11+,12-,13+,14-/m1/s1. The highest BCUT2D eigenvalue weighted by Crippen LogP contribution is 2.57. The van der Waals surface area contributed by atoms with Crippen LogP contribution in [0.1, 0.15) is 51.9 Å². The summed E-state index contributed by atoms with van der Waals surface area (Å²) in [5, 5.41) is 6.32. The SMILES string of the molecule is CCO[C@@H]1C[C@H](NC(=O)N[C@H]2C[C@H]3CC[C@H]2O3)C12CCC2. The van der Waals surface area contributed by atoms with Crippen molar-refractivity contribution in [1.82, 2.24) is 10.6 Å². The minimum Gasteiger partial charge on any atom is -0.378 e. The molecule has 4 aliphatic rings. The van der Waals surface area contributed by atoms with Crippen LogP contribution in [0.2, 0.25) is 0 Å². The smallest absolute Gasteiger partial charge is 0.315 e. The number of urea groups is 1. The van der Waals surface area contributed by atoms with Gasteiger partial charge in [0.05, 0.1) is 24.4 Å². The Morgan fingerprint density at radius 1 is 1.29 bits per heavy atom. The van der Waals surface area contributed by atoms with Crippen LogP contribution in [0.3, 0.4) is 0 Å². The van der Waals surface area contributed by atoms with Gasteiger partial charge in [-0.3, -0.25) is 0 Å². The maximum absolute atomic E-state index is 12.3. The normalized spacial score (nSPS) is 42.4. The van der Waals surface area contributed by atoms with Crippen LogP contribution in [-0.4, -0.2) is 43.0 Å². The lowest BCUT2D eigenvalue weighted by Gasteiger charge is -2.60. The Balaban J connectivity index is 1.29. The zero-order valence-electron chi connectivity index (χ0n) is 12.8. The van der Waals surface area contributed by atoms with Crippen molar-refractivity contribution in [3.05, 3.63) is 0 Å². The lowest BCUT2D eigenvalue weighted by atomic mass is 9.51. The van der Waals surface area contributed by atoms with E-state index in [9.17, 15) is 4.79 Å². The fourth-order valence-corrected chi connectivity index (χ4v) is 4.80. The van der Waals surface area contributed by atoms with Gasteiger partial charge in [0.25, 0.3) is 0 Å². The van der Waals surface area contributed by atoms with Gasteiger partial charge in [0.15, 0.2) is 0 Å². The van der Waals surface area contributed by atoms with Crippen molar-refractivity contribution in [2.24, 2.45) is 5.41 Å². The van der Waals surface area contributed by atoms with E-state index in [2.05, 4.69) is 17.6 Å². The van der Waals surface area contributed by atoms with Gasteiger partial charge >= 0.3 is 6.03 Å². The van der Waals surface area contributed by atoms with E-state index in [-0.39, 0.29) is 23.6 Å². The van der Waals surface area contributed by atoms with Gasteiger partial charge in [-0.25, -0.2) is 4.79 Å². The number of carbonyl (C=O) groups excluding carboxylic acids is 1. The van der Waals surface area contributed by atoms with Gasteiger partial charge in [-0.2, -0.15) is 0 Å². The van der Waals surface area contributed by atoms with Crippen molar-refractivity contribution in [3.63, 3.8) is 0 Å². The van der Waals surface area contributed by atoms with Gasteiger partial charge < -0.3 is 20.1 Å². The average molecular weight is 294 g/mol. The third kappa shape index (κ3) is 2.16. The molecule has 5 atom stereocenters. The number of hydrogen-bond acceptors (Lipinski definition) is 3. The molecule has 2 bridgehead atoms. The highest BCUT2D eigenvalue weighted by molar-refractivity contribution is 5.75. The first-order chi connectivity index (χ1) is 10.2. The van der Waals surface area contributed by atoms with Gasteiger partial charge in [0, 0.05) is 18.1 Å². The predicted molar refractivity (Wildman–Crippen MR) is 78.1 cm³/mol. The summed E-state index contributed by atoms with van der Waals surface area (Å²) >= 11 is 0. The number of carbonyl (C=O) groups is 1. The van der Waals surface area contributed by atoms with Crippen LogP contribution in [0.5, 0.6) is 0 Å². The van der Waals surface area contributed by atoms with Crippen molar-refractivity contribution < 1.29 is 14.3 Å². The van der Waals surface area contributed by atoms with Crippen molar-refractivity contribution in [1.29, 1.82) is 0 Å². The topological polar surface area (TPSA) is 59.6 Å². The van der Waals surface area contributed by atoms with Crippen LogP contribution >= 0.6 is 0 Å². The largest absolute Gasteiger partial charge is 0.378 e. The van der Waals surface area contributed by atoms with E-state index in [4.69, 9.17) is 9.47 Å². The van der Waals surface area contributed by atoms with Crippen molar-refractivity contribution in [2.45, 2.75) is 82.3 Å². The van der Waals surface area contributed by atoms with E-state index >= 15 is 0 Å². The summed E-state index contributed by atoms with van der Waals surface area (Å²) in [5.41, 5.74) is 0.235. The fourth-order valence-electron chi connectivity index (χ4n) is 4.80. The zero-order valence-corrected chi connectivity index (χ0v) is 12.8. The third-order valence-corrected chi connectivity index (χ3v) is 6.17. The molecule has 2 heterocycles. The summed E-state index contributed by atoms with van der Waals surface area (Å²) in [6, 6.07) is 0.494. The lowest BCUT2D eigenvalue weighted by Crippen LogP contribution is -2.68. The fraction of sp³-hybridized carbons (Fsp3) is 0.938. The van der Waals surface area contributed by atoms with Gasteiger partial charge in [0.2, 0.25) is 0 Å². The molecule has 4 fully saturated rings. The van der Waals surface area contributed by atoms with E-state index in [1.165, 1.54) is 19.3 Å². The maximum Gasteiger partial charge on any atom is 0.315 e. The first kappa shape index (κ1) is 13.8. The van der Waals surface area contributed by atoms with E-state index in [1.807, 2.05) is 0 Å². The Hall–Kier alpha value is -0.810. The minimum absolute atomic E-state index is 0.0117. The molecule has 5 nitrogen and oxygen atoms in total. The van der Waals surface area contributed by atoms with Crippen molar-refractivity contribution in [2.75, 3.05) is 6.61 Å². The molecule has 0 aromatic carbocycles. The molecule has 0 unspecified atom stereocenters. The van der Waals surface area contributed by atoms with Crippen LogP contribution < -0.4 is 10.6 Å². The molecule has 1 spiro atoms. The first-order valence-corrected chi connectivity index (χ1v) is 8.55. The summed E-state index contributed by atoms with van der Waals surface area (Å²) in [7, 11) is 0. The first-order valence-electron chi connectivity index (χ1n) is 8.55. The molecule has 5 heteroatoms. The molecule has 2 N–H and O–H groups in total. The number of fused-ring (bicyclic) bond motifs is 2. The number of nitrogens with one attached hydrogen (secondary N) is 2. The Morgan fingerprint density at radius 2 is 2.14 bits per heavy atom. The van der Waals surface area contributed by atoms with Crippen LogP contribution in [0.25, 0.3) is 0 Å². The quantitative estimate of drug-likeness (QED) is 0.833. The molecule has 0 radical (unpaired) electrons. The lowest BCUT2D eigenvalue weighted by molar-refractivity contribution is -0.169. The molecule has 2 aliphatic heterocycles. The average Bonchev–Trinajstić information content (AvgIpc) is 2.97. The van der Waals surface area contributed by atoms with Gasteiger partial charge in [-0.15, -0.1) is 0 Å². The molecule has 21 heavy (non-hydrogen) atoms. The molecular weight excluding hydrogens is 268 g/mol. The van der Waals surface area contributed by atoms with Crippen LogP contribution in [0.15, 0.2) is 0 Å². The Labute approximate surface area is 126 Å². The molecule has 0 aromatic rings. The summed E-state index contributed by atoms with van der Waals surface area (Å²) in [4.78, 5) is 12.3. The summed E-state index contributed by atoms with van der Waals surface area (Å²) in [6.07, 6.45) is 8.84. The Kier molecular flexibility index (Phi) is 3.38. The molecule has 2 aliphatic carbocycles. The second-order valence-corrected chi connectivity index (χ2v) is 7.15. The van der Waals surface area contributed by atoms with E-state index in [1.54, 1.807) is 0 Å². The van der Waals surface area contributed by atoms with Crippen molar-refractivity contribution >= 4 is 6.03 Å². The second-order valence-electron chi connectivity index (χ2n) is 7.15. The number of hydrogen-bond donors (Lipinski definition) is 2. The van der Waals surface area contributed by atoms with Gasteiger partial charge in [0.1, 0.15) is 0 Å². The predicted octanol–water partition coefficient (Wildman–Crippen LogP) is 1.95.